The van der Waals surface area contributed by atoms with Gasteiger partial charge in [0, 0.05) is 20.6 Å². The lowest BCUT2D eigenvalue weighted by atomic mass is 10.0. The lowest BCUT2D eigenvalue weighted by molar-refractivity contribution is 0.523. The molecule has 0 aliphatic heterocycles. The van der Waals surface area contributed by atoms with Gasteiger partial charge in [0.05, 0.1) is 10.9 Å². The second-order valence-corrected chi connectivity index (χ2v) is 11.6. The number of hydrogen-bond acceptors (Lipinski definition) is 6. The number of aromatic amines is 1. The molecule has 3 aromatic heterocycles. The van der Waals surface area contributed by atoms with Crippen molar-refractivity contribution in [2.75, 3.05) is 0 Å². The maximum atomic E-state index is 13.0. The molecular formula is C32H46N6O4. The van der Waals surface area contributed by atoms with Crippen molar-refractivity contribution in [3.05, 3.63) is 53.8 Å². The zero-order valence-electron chi connectivity index (χ0n) is 25.5. The molecule has 0 spiro atoms. The van der Waals surface area contributed by atoms with Crippen LogP contribution >= 0.6 is 0 Å². The fraction of sp³-hybridized carbons (Fsp3) is 0.625. The van der Waals surface area contributed by atoms with Crippen molar-refractivity contribution >= 4 is 33.1 Å². The van der Waals surface area contributed by atoms with Crippen molar-refractivity contribution in [1.82, 2.24) is 28.7 Å². The summed E-state index contributed by atoms with van der Waals surface area (Å²) in [6.45, 7) is 2.82. The molecule has 0 aliphatic rings. The summed E-state index contributed by atoms with van der Waals surface area (Å²) in [4.78, 5) is 62.0. The standard InChI is InChI=1S/C32H46N6O4/c1-4-5-6-7-8-9-10-11-12-13-14-15-16-17-18-19-22-38-24-21-20-23-25(34-31(41)36(2)29(23)39)26(24)33-27-28(38)35-32(42)37(3)30(27)40/h20-21H,4-19,22H2,1-3H3,(H,35,42). The highest BCUT2D eigenvalue weighted by Crippen LogP contribution is 2.23. The third-order valence-corrected chi connectivity index (χ3v) is 8.44. The fourth-order valence-electron chi connectivity index (χ4n) is 5.80. The van der Waals surface area contributed by atoms with Gasteiger partial charge >= 0.3 is 11.4 Å². The predicted molar refractivity (Wildman–Crippen MR) is 169 cm³/mol. The maximum Gasteiger partial charge on any atom is 0.350 e. The van der Waals surface area contributed by atoms with Crippen LogP contribution in [0.5, 0.6) is 0 Å². The van der Waals surface area contributed by atoms with E-state index in [-0.39, 0.29) is 16.4 Å². The molecule has 228 valence electrons. The van der Waals surface area contributed by atoms with Crippen LogP contribution in [0.1, 0.15) is 110 Å². The highest BCUT2D eigenvalue weighted by atomic mass is 16.2. The van der Waals surface area contributed by atoms with Crippen LogP contribution in [-0.4, -0.2) is 28.7 Å². The summed E-state index contributed by atoms with van der Waals surface area (Å²) < 4.78 is 3.79. The monoisotopic (exact) mass is 578 g/mol. The van der Waals surface area contributed by atoms with Crippen molar-refractivity contribution in [3.63, 3.8) is 0 Å². The summed E-state index contributed by atoms with van der Waals surface area (Å²) in [5.41, 5.74) is -0.728. The Bertz CT molecular complexity index is 1750. The van der Waals surface area contributed by atoms with E-state index in [0.29, 0.717) is 23.2 Å². The Balaban J connectivity index is 1.36. The zero-order chi connectivity index (χ0) is 30.1. The Kier molecular flexibility index (Phi) is 11.3. The van der Waals surface area contributed by atoms with E-state index in [1.165, 1.54) is 97.6 Å². The Hall–Kier alpha value is -3.56. The molecule has 1 N–H and O–H groups in total. The van der Waals surface area contributed by atoms with Crippen LogP contribution in [0.4, 0.5) is 0 Å². The summed E-state index contributed by atoms with van der Waals surface area (Å²) in [7, 11) is 2.77. The maximum absolute atomic E-state index is 13.0. The van der Waals surface area contributed by atoms with Crippen LogP contribution in [0.3, 0.4) is 0 Å². The summed E-state index contributed by atoms with van der Waals surface area (Å²) in [5.74, 6) is 0. The van der Waals surface area contributed by atoms with Crippen molar-refractivity contribution in [3.8, 4) is 0 Å². The van der Waals surface area contributed by atoms with Crippen LogP contribution in [0.15, 0.2) is 31.3 Å². The van der Waals surface area contributed by atoms with Crippen molar-refractivity contribution in [2.45, 2.75) is 116 Å². The van der Waals surface area contributed by atoms with Gasteiger partial charge in [-0.05, 0) is 18.6 Å². The average molecular weight is 579 g/mol. The first kappa shape index (κ1) is 31.4. The van der Waals surface area contributed by atoms with Crippen molar-refractivity contribution in [1.29, 1.82) is 0 Å². The second kappa shape index (κ2) is 15.1. The SMILES string of the molecule is CCCCCCCCCCCCCCCCCCn1c2ccc3c(=O)n(C)c(=O)nc3c2nc2c(=O)n(C)c(=O)[nH]c21. The zero-order valence-corrected chi connectivity index (χ0v) is 25.5. The van der Waals surface area contributed by atoms with Gasteiger partial charge in [0.25, 0.3) is 11.1 Å². The van der Waals surface area contributed by atoms with Gasteiger partial charge in [-0.25, -0.2) is 14.6 Å². The van der Waals surface area contributed by atoms with Crippen LogP contribution in [0, 0.1) is 0 Å². The molecule has 0 atom stereocenters. The molecule has 10 nitrogen and oxygen atoms in total. The fourth-order valence-corrected chi connectivity index (χ4v) is 5.80. The lowest BCUT2D eigenvalue weighted by Crippen LogP contribution is -2.34. The number of rotatable bonds is 17. The Morgan fingerprint density at radius 2 is 1.17 bits per heavy atom. The predicted octanol–water partition coefficient (Wildman–Crippen LogP) is 5.45. The Morgan fingerprint density at radius 3 is 1.74 bits per heavy atom. The third-order valence-electron chi connectivity index (χ3n) is 8.44. The van der Waals surface area contributed by atoms with Gasteiger partial charge in [-0.2, -0.15) is 4.98 Å². The number of aromatic nitrogens is 6. The third kappa shape index (κ3) is 7.25. The van der Waals surface area contributed by atoms with Gasteiger partial charge in [-0.3, -0.25) is 23.7 Å². The number of aryl methyl sites for hydroxylation is 1. The van der Waals surface area contributed by atoms with E-state index in [0.717, 1.165) is 28.4 Å². The molecular weight excluding hydrogens is 532 g/mol. The Labute approximate surface area is 245 Å². The normalized spacial score (nSPS) is 11.8. The summed E-state index contributed by atoms with van der Waals surface area (Å²) >= 11 is 0. The Morgan fingerprint density at radius 1 is 0.619 bits per heavy atom. The first-order chi connectivity index (χ1) is 20.3. The molecule has 4 aromatic rings. The molecule has 4 rings (SSSR count). The summed E-state index contributed by atoms with van der Waals surface area (Å²) in [5, 5.41) is 0.256. The van der Waals surface area contributed by atoms with E-state index < -0.39 is 22.5 Å². The minimum Gasteiger partial charge on any atom is -0.324 e. The molecule has 0 bridgehead atoms. The van der Waals surface area contributed by atoms with E-state index in [2.05, 4.69) is 21.9 Å². The molecule has 10 heteroatoms. The van der Waals surface area contributed by atoms with Gasteiger partial charge in [-0.1, -0.05) is 103 Å². The van der Waals surface area contributed by atoms with E-state index in [1.807, 2.05) is 4.57 Å². The number of nitrogens with zero attached hydrogens (tertiary/aromatic N) is 5. The minimum absolute atomic E-state index is 0.0727. The van der Waals surface area contributed by atoms with Crippen LogP contribution < -0.4 is 22.5 Å². The lowest BCUT2D eigenvalue weighted by Gasteiger charge is -2.15. The van der Waals surface area contributed by atoms with Gasteiger partial charge in [0.1, 0.15) is 16.7 Å². The molecule has 1 aromatic carbocycles. The molecule has 3 heterocycles. The molecule has 0 amide bonds. The summed E-state index contributed by atoms with van der Waals surface area (Å²) in [6.07, 6.45) is 20.4. The molecule has 0 unspecified atom stereocenters. The summed E-state index contributed by atoms with van der Waals surface area (Å²) in [6, 6.07) is 3.38. The van der Waals surface area contributed by atoms with Gasteiger partial charge in [0.15, 0.2) is 5.52 Å². The largest absolute Gasteiger partial charge is 0.350 e. The molecule has 0 aliphatic carbocycles. The highest BCUT2D eigenvalue weighted by Gasteiger charge is 2.17. The van der Waals surface area contributed by atoms with Crippen LogP contribution in [-0.2, 0) is 20.6 Å². The first-order valence-electron chi connectivity index (χ1n) is 15.9. The quantitative estimate of drug-likeness (QED) is 0.101. The van der Waals surface area contributed by atoms with Crippen molar-refractivity contribution < 1.29 is 0 Å². The molecule has 42 heavy (non-hydrogen) atoms. The van der Waals surface area contributed by atoms with Gasteiger partial charge in [-0.15, -0.1) is 0 Å². The second-order valence-electron chi connectivity index (χ2n) is 11.6. The molecule has 0 saturated carbocycles. The highest BCUT2D eigenvalue weighted by molar-refractivity contribution is 6.03. The first-order valence-corrected chi connectivity index (χ1v) is 15.9. The number of fused-ring (bicyclic) bond motifs is 4. The van der Waals surface area contributed by atoms with Crippen LogP contribution in [0.25, 0.3) is 33.1 Å². The van der Waals surface area contributed by atoms with E-state index in [9.17, 15) is 19.2 Å². The molecule has 0 radical (unpaired) electrons. The number of benzene rings is 1. The number of H-pyrrole nitrogens is 1. The van der Waals surface area contributed by atoms with E-state index in [4.69, 9.17) is 0 Å². The smallest absolute Gasteiger partial charge is 0.324 e. The van der Waals surface area contributed by atoms with Crippen molar-refractivity contribution in [2.24, 2.45) is 14.1 Å². The molecule has 0 saturated heterocycles. The number of unbranched alkanes of at least 4 members (excludes halogenated alkanes) is 15. The van der Waals surface area contributed by atoms with E-state index in [1.54, 1.807) is 12.1 Å². The number of nitrogens with one attached hydrogen (secondary N) is 1. The van der Waals surface area contributed by atoms with E-state index >= 15 is 0 Å². The van der Waals surface area contributed by atoms with Gasteiger partial charge in [0.2, 0.25) is 0 Å². The van der Waals surface area contributed by atoms with Crippen LogP contribution in [0.2, 0.25) is 0 Å². The molecule has 0 fully saturated rings. The average Bonchev–Trinajstić information content (AvgIpc) is 2.98. The van der Waals surface area contributed by atoms with Gasteiger partial charge < -0.3 is 4.57 Å². The minimum atomic E-state index is -0.680. The number of hydrogen-bond donors (Lipinski definition) is 1. The topological polar surface area (TPSA) is 125 Å².